The van der Waals surface area contributed by atoms with Crippen molar-refractivity contribution in [3.63, 3.8) is 0 Å². The summed E-state index contributed by atoms with van der Waals surface area (Å²) in [4.78, 5) is 18.2. The fraction of sp³-hybridized carbons (Fsp3) is 0.296. The quantitative estimate of drug-likeness (QED) is 0.409. The van der Waals surface area contributed by atoms with Crippen LogP contribution in [0.4, 0.5) is 11.6 Å². The molecule has 186 valence electrons. The van der Waals surface area contributed by atoms with Crippen LogP contribution in [0.25, 0.3) is 16.8 Å². The van der Waals surface area contributed by atoms with Gasteiger partial charge in [0.25, 0.3) is 0 Å². The van der Waals surface area contributed by atoms with E-state index in [4.69, 9.17) is 20.3 Å². The van der Waals surface area contributed by atoms with E-state index in [-0.39, 0.29) is 12.5 Å². The first kappa shape index (κ1) is 23.6. The predicted molar refractivity (Wildman–Crippen MR) is 139 cm³/mol. The number of nitrogens with zero attached hydrogens (tertiary/aromatic N) is 4. The average Bonchev–Trinajstić information content (AvgIpc) is 3.36. The molecule has 1 aliphatic rings. The smallest absolute Gasteiger partial charge is 0.245 e. The zero-order valence-corrected chi connectivity index (χ0v) is 20.5. The monoisotopic (exact) mass is 486 g/mol. The molecule has 9 heteroatoms. The molecule has 9 nitrogen and oxygen atoms in total. The van der Waals surface area contributed by atoms with E-state index < -0.39 is 0 Å². The molecule has 0 bridgehead atoms. The summed E-state index contributed by atoms with van der Waals surface area (Å²) in [6, 6.07) is 18.0. The van der Waals surface area contributed by atoms with Gasteiger partial charge >= 0.3 is 0 Å². The van der Waals surface area contributed by atoms with Crippen LogP contribution in [0.5, 0.6) is 11.5 Å². The number of hydrogen-bond donors (Lipinski definition) is 2. The van der Waals surface area contributed by atoms with Crippen LogP contribution in [0.2, 0.25) is 0 Å². The summed E-state index contributed by atoms with van der Waals surface area (Å²) in [5.74, 6) is 2.33. The van der Waals surface area contributed by atoms with Crippen LogP contribution >= 0.6 is 0 Å². The number of rotatable bonds is 7. The maximum atomic E-state index is 11.9. The molecule has 0 unspecified atom stereocenters. The minimum atomic E-state index is 0.0131. The molecule has 5 rings (SSSR count). The first-order valence-corrected chi connectivity index (χ1v) is 12.0. The summed E-state index contributed by atoms with van der Waals surface area (Å²) in [5, 5.41) is 8.04. The number of para-hydroxylation sites is 1. The van der Waals surface area contributed by atoms with E-state index in [1.54, 1.807) is 20.4 Å². The third-order valence-corrected chi connectivity index (χ3v) is 6.75. The van der Waals surface area contributed by atoms with Crippen molar-refractivity contribution >= 4 is 23.1 Å². The molecular formula is C27H30N6O3. The van der Waals surface area contributed by atoms with Crippen molar-refractivity contribution in [2.75, 3.05) is 39.2 Å². The average molecular weight is 487 g/mol. The van der Waals surface area contributed by atoms with Crippen molar-refractivity contribution in [3.8, 4) is 22.8 Å². The molecule has 3 heterocycles. The lowest BCUT2D eigenvalue weighted by atomic mass is 9.89. The Morgan fingerprint density at radius 1 is 1.06 bits per heavy atom. The molecule has 1 aliphatic heterocycles. The number of carbonyl (C=O) groups excluding carboxylic acids is 1. The van der Waals surface area contributed by atoms with E-state index in [0.29, 0.717) is 17.6 Å². The number of ether oxygens (including phenoxy) is 2. The summed E-state index contributed by atoms with van der Waals surface area (Å²) in [5.41, 5.74) is 10.2. The van der Waals surface area contributed by atoms with E-state index >= 15 is 0 Å². The number of methoxy groups -OCH3 is 2. The van der Waals surface area contributed by atoms with Gasteiger partial charge in [-0.15, -0.1) is 5.10 Å². The molecule has 3 N–H and O–H groups in total. The van der Waals surface area contributed by atoms with Crippen molar-refractivity contribution in [3.05, 3.63) is 66.4 Å². The second-order valence-electron chi connectivity index (χ2n) is 8.78. The molecule has 1 saturated heterocycles. The van der Waals surface area contributed by atoms with Gasteiger partial charge in [0.15, 0.2) is 0 Å². The topological polar surface area (TPSA) is 107 Å². The van der Waals surface area contributed by atoms with E-state index in [2.05, 4.69) is 22.4 Å². The number of aromatic nitrogens is 3. The zero-order chi connectivity index (χ0) is 25.1. The maximum Gasteiger partial charge on any atom is 0.245 e. The number of piperidine rings is 1. The van der Waals surface area contributed by atoms with Gasteiger partial charge in [-0.25, -0.2) is 9.50 Å². The number of carbonyl (C=O) groups is 1. The molecule has 2 aromatic carbocycles. The highest BCUT2D eigenvalue weighted by molar-refractivity contribution is 5.78. The number of nitrogens with one attached hydrogen (secondary N) is 1. The molecule has 0 spiro atoms. The van der Waals surface area contributed by atoms with Gasteiger partial charge in [0.05, 0.1) is 43.9 Å². The molecule has 0 saturated carbocycles. The summed E-state index contributed by atoms with van der Waals surface area (Å²) in [6.07, 6.45) is 3.59. The Balaban J connectivity index is 1.38. The first-order valence-electron chi connectivity index (χ1n) is 12.0. The Bertz CT molecular complexity index is 1380. The molecule has 2 aromatic heterocycles. The molecule has 1 amide bonds. The number of nitrogens with two attached hydrogens (primary N) is 1. The number of likely N-dealkylation sites (tertiary alicyclic amines) is 1. The Hall–Kier alpha value is -4.11. The van der Waals surface area contributed by atoms with Crippen LogP contribution in [0.3, 0.4) is 0 Å². The van der Waals surface area contributed by atoms with Gasteiger partial charge in [-0.05, 0) is 60.7 Å². The highest BCUT2D eigenvalue weighted by atomic mass is 16.5. The fourth-order valence-corrected chi connectivity index (χ4v) is 4.80. The number of amides is 1. The number of hydrogen-bond acceptors (Lipinski definition) is 7. The Kier molecular flexibility index (Phi) is 6.73. The van der Waals surface area contributed by atoms with Crippen molar-refractivity contribution in [1.29, 1.82) is 0 Å². The van der Waals surface area contributed by atoms with Crippen LogP contribution < -0.4 is 20.5 Å². The van der Waals surface area contributed by atoms with Crippen molar-refractivity contribution < 1.29 is 14.3 Å². The second kappa shape index (κ2) is 10.2. The predicted octanol–water partition coefficient (Wildman–Crippen LogP) is 3.82. The van der Waals surface area contributed by atoms with E-state index in [1.165, 1.54) is 5.56 Å². The Morgan fingerprint density at radius 2 is 1.83 bits per heavy atom. The largest absolute Gasteiger partial charge is 0.496 e. The van der Waals surface area contributed by atoms with Gasteiger partial charge in [0.2, 0.25) is 11.9 Å². The maximum absolute atomic E-state index is 11.9. The van der Waals surface area contributed by atoms with Crippen LogP contribution in [0.1, 0.15) is 24.3 Å². The summed E-state index contributed by atoms with van der Waals surface area (Å²) in [7, 11) is 3.32. The summed E-state index contributed by atoms with van der Waals surface area (Å²) >= 11 is 0. The van der Waals surface area contributed by atoms with Crippen molar-refractivity contribution in [2.24, 2.45) is 5.73 Å². The Labute approximate surface area is 209 Å². The molecule has 0 atom stereocenters. The molecule has 0 radical (unpaired) electrons. The minimum absolute atomic E-state index is 0.0131. The zero-order valence-electron chi connectivity index (χ0n) is 20.5. The number of anilines is 2. The van der Waals surface area contributed by atoms with E-state index in [0.717, 1.165) is 54.1 Å². The molecule has 4 aromatic rings. The lowest BCUT2D eigenvalue weighted by Gasteiger charge is -2.32. The number of benzene rings is 2. The van der Waals surface area contributed by atoms with Gasteiger partial charge in [-0.2, -0.15) is 0 Å². The van der Waals surface area contributed by atoms with Crippen molar-refractivity contribution in [1.82, 2.24) is 19.5 Å². The fourth-order valence-electron chi connectivity index (χ4n) is 4.80. The first-order chi connectivity index (χ1) is 17.6. The van der Waals surface area contributed by atoms with Gasteiger partial charge in [-0.1, -0.05) is 18.2 Å². The van der Waals surface area contributed by atoms with Gasteiger partial charge in [-0.3, -0.25) is 4.79 Å². The molecule has 36 heavy (non-hydrogen) atoms. The molecular weight excluding hydrogens is 456 g/mol. The third kappa shape index (κ3) is 4.57. The highest BCUT2D eigenvalue weighted by Crippen LogP contribution is 2.35. The molecule has 1 fully saturated rings. The second-order valence-corrected chi connectivity index (χ2v) is 8.78. The van der Waals surface area contributed by atoms with Crippen LogP contribution in [0, 0.1) is 0 Å². The minimum Gasteiger partial charge on any atom is -0.496 e. The number of fused-ring (bicyclic) bond motifs is 1. The van der Waals surface area contributed by atoms with E-state index in [9.17, 15) is 4.79 Å². The third-order valence-electron chi connectivity index (χ3n) is 6.75. The van der Waals surface area contributed by atoms with Crippen LogP contribution in [-0.2, 0) is 4.79 Å². The van der Waals surface area contributed by atoms with Crippen LogP contribution in [-0.4, -0.2) is 59.3 Å². The van der Waals surface area contributed by atoms with Gasteiger partial charge in [0, 0.05) is 18.7 Å². The lowest BCUT2D eigenvalue weighted by Crippen LogP contribution is -2.41. The normalized spacial score (nSPS) is 14.1. The Morgan fingerprint density at radius 3 is 2.58 bits per heavy atom. The lowest BCUT2D eigenvalue weighted by molar-refractivity contribution is -0.130. The van der Waals surface area contributed by atoms with Crippen LogP contribution in [0.15, 0.2) is 60.8 Å². The van der Waals surface area contributed by atoms with Gasteiger partial charge in [0.1, 0.15) is 11.5 Å². The van der Waals surface area contributed by atoms with E-state index in [1.807, 2.05) is 51.9 Å². The summed E-state index contributed by atoms with van der Waals surface area (Å²) in [6.45, 7) is 1.51. The SMILES string of the molecule is COc1cc(C2CCN(C(=O)CN)CC2)ccc1Nc1ncc2ccc(-c3ccccc3OC)n2n1. The highest BCUT2D eigenvalue weighted by Gasteiger charge is 2.24. The van der Waals surface area contributed by atoms with Gasteiger partial charge < -0.3 is 25.4 Å². The molecule has 0 aliphatic carbocycles. The standard InChI is InChI=1S/C27H30N6O3/c1-35-24-6-4-3-5-21(24)23-10-8-20-17-29-27(31-33(20)23)30-22-9-7-19(15-25(22)36-2)18-11-13-32(14-12-18)26(34)16-28/h3-10,15,17-18H,11-14,16,28H2,1-2H3,(H,30,31). The van der Waals surface area contributed by atoms with Crippen molar-refractivity contribution in [2.45, 2.75) is 18.8 Å². The summed E-state index contributed by atoms with van der Waals surface area (Å²) < 4.78 is 13.1.